The van der Waals surface area contributed by atoms with Crippen molar-refractivity contribution in [1.82, 2.24) is 10.6 Å². The summed E-state index contributed by atoms with van der Waals surface area (Å²) in [6, 6.07) is 2.19. The number of nitrogen functional groups attached to an aromatic ring is 1. The maximum Gasteiger partial charge on any atom is 0.253 e. The quantitative estimate of drug-likeness (QED) is 0.742. The van der Waals surface area contributed by atoms with Crippen molar-refractivity contribution in [3.63, 3.8) is 0 Å². The van der Waals surface area contributed by atoms with Crippen LogP contribution in [-0.4, -0.2) is 24.4 Å². The second-order valence-corrected chi connectivity index (χ2v) is 4.74. The summed E-state index contributed by atoms with van der Waals surface area (Å²) in [6.45, 7) is 3.86. The molecule has 0 aliphatic carbocycles. The number of likely N-dealkylation sites (N-methyl/N-ethyl adjacent to an activating group) is 1. The maximum atomic E-state index is 12.0. The lowest BCUT2D eigenvalue weighted by molar-refractivity contribution is -0.122. The smallest absolute Gasteiger partial charge is 0.253 e. The number of hydrogen-bond acceptors (Lipinski definition) is 3. The topological polar surface area (TPSA) is 84.2 Å². The lowest BCUT2D eigenvalue weighted by Gasteiger charge is -2.14. The molecule has 4 N–H and O–H groups in total. The van der Waals surface area contributed by atoms with Crippen LogP contribution in [0.5, 0.6) is 0 Å². The van der Waals surface area contributed by atoms with Crippen LogP contribution in [0.25, 0.3) is 0 Å². The Morgan fingerprint density at radius 2 is 2.00 bits per heavy atom. The Bertz CT molecular complexity index is 506. The minimum atomic E-state index is -0.677. The third-order valence-electron chi connectivity index (χ3n) is 2.39. The van der Waals surface area contributed by atoms with Crippen LogP contribution in [0.1, 0.15) is 24.2 Å². The Morgan fingerprint density at radius 3 is 2.58 bits per heavy atom. The van der Waals surface area contributed by atoms with E-state index in [0.29, 0.717) is 12.2 Å². The minimum absolute atomic E-state index is 0.108. The highest BCUT2D eigenvalue weighted by Crippen LogP contribution is 2.28. The standard InChI is InChI=1S/C12H15Cl2N3O2/c1-3-16-11(18)6(2)17-12(19)8-4-7(15)5-9(13)10(8)14/h4-6H,3,15H2,1-2H3,(H,16,18)(H,17,19). The summed E-state index contributed by atoms with van der Waals surface area (Å²) in [5, 5.41) is 5.43. The summed E-state index contributed by atoms with van der Waals surface area (Å²) < 4.78 is 0. The summed E-state index contributed by atoms with van der Waals surface area (Å²) in [7, 11) is 0. The fourth-order valence-corrected chi connectivity index (χ4v) is 1.87. The first-order chi connectivity index (χ1) is 8.86. The lowest BCUT2D eigenvalue weighted by atomic mass is 10.1. The van der Waals surface area contributed by atoms with Gasteiger partial charge < -0.3 is 16.4 Å². The van der Waals surface area contributed by atoms with Gasteiger partial charge >= 0.3 is 0 Å². The molecule has 19 heavy (non-hydrogen) atoms. The van der Waals surface area contributed by atoms with Gasteiger partial charge in [0.2, 0.25) is 5.91 Å². The highest BCUT2D eigenvalue weighted by atomic mass is 35.5. The SMILES string of the molecule is CCNC(=O)C(C)NC(=O)c1cc(N)cc(Cl)c1Cl. The number of carbonyl (C=O) groups is 2. The predicted octanol–water partition coefficient (Wildman–Crippen LogP) is 1.83. The van der Waals surface area contributed by atoms with Crippen molar-refractivity contribution in [3.8, 4) is 0 Å². The van der Waals surface area contributed by atoms with Crippen LogP contribution in [-0.2, 0) is 4.79 Å². The molecule has 0 aromatic heterocycles. The molecule has 1 rings (SSSR count). The molecule has 5 nitrogen and oxygen atoms in total. The molecule has 0 spiro atoms. The van der Waals surface area contributed by atoms with Crippen LogP contribution in [0.3, 0.4) is 0 Å². The Kier molecular flexibility index (Phi) is 5.44. The summed E-state index contributed by atoms with van der Waals surface area (Å²) in [5.74, 6) is -0.778. The van der Waals surface area contributed by atoms with Gasteiger partial charge in [0.15, 0.2) is 0 Å². The fourth-order valence-electron chi connectivity index (χ4n) is 1.44. The zero-order valence-corrected chi connectivity index (χ0v) is 12.1. The molecule has 1 atom stereocenters. The zero-order chi connectivity index (χ0) is 14.6. The van der Waals surface area contributed by atoms with E-state index in [-0.39, 0.29) is 21.5 Å². The van der Waals surface area contributed by atoms with E-state index in [1.165, 1.54) is 12.1 Å². The number of nitrogens with two attached hydrogens (primary N) is 1. The number of hydrogen-bond donors (Lipinski definition) is 3. The number of anilines is 1. The van der Waals surface area contributed by atoms with Crippen molar-refractivity contribution in [3.05, 3.63) is 27.7 Å². The van der Waals surface area contributed by atoms with Gasteiger partial charge in [-0.15, -0.1) is 0 Å². The van der Waals surface area contributed by atoms with Crippen LogP contribution in [0, 0.1) is 0 Å². The van der Waals surface area contributed by atoms with Gasteiger partial charge in [0.25, 0.3) is 5.91 Å². The molecule has 7 heteroatoms. The zero-order valence-electron chi connectivity index (χ0n) is 10.6. The Morgan fingerprint density at radius 1 is 1.37 bits per heavy atom. The summed E-state index contributed by atoms with van der Waals surface area (Å²) in [4.78, 5) is 23.5. The average Bonchev–Trinajstić information content (AvgIpc) is 2.33. The molecule has 0 saturated carbocycles. The summed E-state index contributed by atoms with van der Waals surface area (Å²) in [5.41, 5.74) is 6.07. The first-order valence-electron chi connectivity index (χ1n) is 5.69. The van der Waals surface area contributed by atoms with E-state index in [4.69, 9.17) is 28.9 Å². The Labute approximate surface area is 121 Å². The lowest BCUT2D eigenvalue weighted by Crippen LogP contribution is -2.44. The fraction of sp³-hybridized carbons (Fsp3) is 0.333. The Balaban J connectivity index is 2.87. The van der Waals surface area contributed by atoms with Crippen molar-refractivity contribution in [2.75, 3.05) is 12.3 Å². The molecule has 1 unspecified atom stereocenters. The molecule has 0 aliphatic heterocycles. The molecule has 0 heterocycles. The van der Waals surface area contributed by atoms with E-state index in [0.717, 1.165) is 0 Å². The van der Waals surface area contributed by atoms with Gasteiger partial charge in [-0.25, -0.2) is 0 Å². The third-order valence-corrected chi connectivity index (χ3v) is 3.19. The molecule has 1 aromatic carbocycles. The molecule has 0 saturated heterocycles. The van der Waals surface area contributed by atoms with Crippen molar-refractivity contribution in [1.29, 1.82) is 0 Å². The molecule has 0 bridgehead atoms. The molecular weight excluding hydrogens is 289 g/mol. The molecule has 0 radical (unpaired) electrons. The second-order valence-electron chi connectivity index (χ2n) is 3.95. The largest absolute Gasteiger partial charge is 0.399 e. The van der Waals surface area contributed by atoms with Crippen molar-refractivity contribution in [2.24, 2.45) is 0 Å². The second kappa shape index (κ2) is 6.63. The van der Waals surface area contributed by atoms with E-state index in [9.17, 15) is 9.59 Å². The first-order valence-corrected chi connectivity index (χ1v) is 6.45. The third kappa shape index (κ3) is 4.01. The van der Waals surface area contributed by atoms with Crippen molar-refractivity contribution < 1.29 is 9.59 Å². The first kappa shape index (κ1) is 15.6. The molecule has 2 amide bonds. The van der Waals surface area contributed by atoms with Gasteiger partial charge in [0.1, 0.15) is 6.04 Å². The molecule has 104 valence electrons. The molecular formula is C12H15Cl2N3O2. The normalized spacial score (nSPS) is 11.8. The summed E-state index contributed by atoms with van der Waals surface area (Å²) >= 11 is 11.8. The van der Waals surface area contributed by atoms with Gasteiger partial charge in [-0.2, -0.15) is 0 Å². The van der Waals surface area contributed by atoms with Gasteiger partial charge in [0.05, 0.1) is 15.6 Å². The molecule has 0 fully saturated rings. The number of nitrogens with one attached hydrogen (secondary N) is 2. The minimum Gasteiger partial charge on any atom is -0.399 e. The van der Waals surface area contributed by atoms with Crippen LogP contribution in [0.4, 0.5) is 5.69 Å². The van der Waals surface area contributed by atoms with E-state index in [1.807, 2.05) is 0 Å². The van der Waals surface area contributed by atoms with Crippen molar-refractivity contribution in [2.45, 2.75) is 19.9 Å². The van der Waals surface area contributed by atoms with Crippen LogP contribution < -0.4 is 16.4 Å². The maximum absolute atomic E-state index is 12.0. The van der Waals surface area contributed by atoms with Crippen LogP contribution >= 0.6 is 23.2 Å². The van der Waals surface area contributed by atoms with Gasteiger partial charge in [0, 0.05) is 12.2 Å². The van der Waals surface area contributed by atoms with E-state index >= 15 is 0 Å². The van der Waals surface area contributed by atoms with E-state index < -0.39 is 11.9 Å². The van der Waals surface area contributed by atoms with E-state index in [1.54, 1.807) is 13.8 Å². The number of rotatable bonds is 4. The predicted molar refractivity (Wildman–Crippen MR) is 76.5 cm³/mol. The van der Waals surface area contributed by atoms with Crippen LogP contribution in [0.2, 0.25) is 10.0 Å². The monoisotopic (exact) mass is 303 g/mol. The van der Waals surface area contributed by atoms with Crippen molar-refractivity contribution >= 4 is 40.7 Å². The highest BCUT2D eigenvalue weighted by Gasteiger charge is 2.19. The summed E-state index contributed by atoms with van der Waals surface area (Å²) in [6.07, 6.45) is 0. The number of halogens is 2. The van der Waals surface area contributed by atoms with Crippen LogP contribution in [0.15, 0.2) is 12.1 Å². The Hall–Kier alpha value is -1.46. The number of amides is 2. The number of carbonyl (C=O) groups excluding carboxylic acids is 2. The van der Waals surface area contributed by atoms with Gasteiger partial charge in [-0.1, -0.05) is 23.2 Å². The van der Waals surface area contributed by atoms with Gasteiger partial charge in [-0.3, -0.25) is 9.59 Å². The van der Waals surface area contributed by atoms with Gasteiger partial charge in [-0.05, 0) is 26.0 Å². The average molecular weight is 304 g/mol. The number of benzene rings is 1. The van der Waals surface area contributed by atoms with E-state index in [2.05, 4.69) is 10.6 Å². The highest BCUT2D eigenvalue weighted by molar-refractivity contribution is 6.44. The molecule has 0 aliphatic rings. The molecule has 1 aromatic rings.